The third-order valence-electron chi connectivity index (χ3n) is 5.59. The van der Waals surface area contributed by atoms with Gasteiger partial charge in [-0.15, -0.1) is 24.0 Å². The Morgan fingerprint density at radius 3 is 2.62 bits per heavy atom. The summed E-state index contributed by atoms with van der Waals surface area (Å²) in [7, 11) is 2.23. The second kappa shape index (κ2) is 13.2. The van der Waals surface area contributed by atoms with Gasteiger partial charge in [0, 0.05) is 58.6 Å². The first-order valence-corrected chi connectivity index (χ1v) is 10.9. The molecular weight excluding hydrogens is 477 g/mol. The molecular formula is C21H38IN7. The summed E-state index contributed by atoms with van der Waals surface area (Å²) in [6.07, 6.45) is 4.28. The Morgan fingerprint density at radius 1 is 1.07 bits per heavy atom. The molecule has 7 nitrogen and oxygen atoms in total. The van der Waals surface area contributed by atoms with Crippen LogP contribution >= 0.6 is 24.0 Å². The van der Waals surface area contributed by atoms with Crippen LogP contribution in [0.5, 0.6) is 0 Å². The summed E-state index contributed by atoms with van der Waals surface area (Å²) >= 11 is 0. The minimum absolute atomic E-state index is 0. The zero-order valence-electron chi connectivity index (χ0n) is 18.1. The molecule has 0 bridgehead atoms. The molecule has 2 fully saturated rings. The van der Waals surface area contributed by atoms with Gasteiger partial charge in [0.05, 0.1) is 0 Å². The molecule has 0 atom stereocenters. The van der Waals surface area contributed by atoms with Gasteiger partial charge in [-0.2, -0.15) is 0 Å². The maximum absolute atomic E-state index is 4.92. The standard InChI is InChI=1S/C21H37N7.HI/c1-3-22-21(24-10-6-12-26-13-7-11-25(2)14-15-26)28-18-16-27(17-19-28)20-8-4-5-9-23-20;/h4-5,8-9H,3,6-7,10-19H2,1-2H3,(H,22,24);1H. The summed E-state index contributed by atoms with van der Waals surface area (Å²) in [5.74, 6) is 2.14. The maximum atomic E-state index is 4.92. The average molecular weight is 515 g/mol. The van der Waals surface area contributed by atoms with E-state index >= 15 is 0 Å². The SMILES string of the molecule is CCNC(=NCCCN1CCCN(C)CC1)N1CCN(c2ccccn2)CC1.I. The molecule has 1 aromatic rings. The number of anilines is 1. The van der Waals surface area contributed by atoms with Crippen molar-refractivity contribution in [2.75, 3.05) is 83.9 Å². The number of hydrogen-bond acceptors (Lipinski definition) is 5. The number of hydrogen-bond donors (Lipinski definition) is 1. The van der Waals surface area contributed by atoms with E-state index in [0.717, 1.165) is 64.0 Å². The van der Waals surface area contributed by atoms with Gasteiger partial charge in [-0.25, -0.2) is 4.98 Å². The Bertz CT molecular complexity index is 590. The quantitative estimate of drug-likeness (QED) is 0.270. The fourth-order valence-corrected chi connectivity index (χ4v) is 3.92. The number of likely N-dealkylation sites (N-methyl/N-ethyl adjacent to an activating group) is 1. The molecule has 2 saturated heterocycles. The maximum Gasteiger partial charge on any atom is 0.194 e. The normalized spacial score (nSPS) is 19.6. The predicted octanol–water partition coefficient (Wildman–Crippen LogP) is 1.81. The molecule has 0 aliphatic carbocycles. The third kappa shape index (κ3) is 7.90. The molecule has 2 aliphatic rings. The van der Waals surface area contributed by atoms with E-state index in [2.05, 4.69) is 56.0 Å². The van der Waals surface area contributed by atoms with Crippen molar-refractivity contribution in [1.82, 2.24) is 25.0 Å². The molecule has 0 saturated carbocycles. The van der Waals surface area contributed by atoms with Gasteiger partial charge >= 0.3 is 0 Å². The van der Waals surface area contributed by atoms with Gasteiger partial charge in [-0.3, -0.25) is 4.99 Å². The second-order valence-corrected chi connectivity index (χ2v) is 7.75. The zero-order chi connectivity index (χ0) is 19.6. The monoisotopic (exact) mass is 515 g/mol. The minimum Gasteiger partial charge on any atom is -0.357 e. The fourth-order valence-electron chi connectivity index (χ4n) is 3.92. The Balaban J connectivity index is 0.00000300. The number of piperazine rings is 1. The molecule has 1 aromatic heterocycles. The van der Waals surface area contributed by atoms with Gasteiger partial charge in [0.15, 0.2) is 5.96 Å². The van der Waals surface area contributed by atoms with Crippen LogP contribution in [0.25, 0.3) is 0 Å². The summed E-state index contributed by atoms with van der Waals surface area (Å²) in [4.78, 5) is 19.2. The second-order valence-electron chi connectivity index (χ2n) is 7.75. The van der Waals surface area contributed by atoms with E-state index in [-0.39, 0.29) is 24.0 Å². The van der Waals surface area contributed by atoms with Crippen molar-refractivity contribution in [2.24, 2.45) is 4.99 Å². The predicted molar refractivity (Wildman–Crippen MR) is 133 cm³/mol. The van der Waals surface area contributed by atoms with Crippen LogP contribution in [0.15, 0.2) is 29.4 Å². The molecule has 29 heavy (non-hydrogen) atoms. The van der Waals surface area contributed by atoms with Crippen LogP contribution in [-0.4, -0.2) is 105 Å². The third-order valence-corrected chi connectivity index (χ3v) is 5.59. The molecule has 3 heterocycles. The Labute approximate surface area is 193 Å². The lowest BCUT2D eigenvalue weighted by Gasteiger charge is -2.37. The molecule has 0 amide bonds. The van der Waals surface area contributed by atoms with Crippen LogP contribution in [0.4, 0.5) is 5.82 Å². The van der Waals surface area contributed by atoms with Crippen molar-refractivity contribution in [3.63, 3.8) is 0 Å². The van der Waals surface area contributed by atoms with Gasteiger partial charge in [0.1, 0.15) is 5.82 Å². The molecule has 164 valence electrons. The largest absolute Gasteiger partial charge is 0.357 e. The van der Waals surface area contributed by atoms with Crippen molar-refractivity contribution in [1.29, 1.82) is 0 Å². The minimum atomic E-state index is 0. The van der Waals surface area contributed by atoms with Crippen molar-refractivity contribution in [3.8, 4) is 0 Å². The highest BCUT2D eigenvalue weighted by atomic mass is 127. The smallest absolute Gasteiger partial charge is 0.194 e. The van der Waals surface area contributed by atoms with Crippen LogP contribution in [0, 0.1) is 0 Å². The number of nitrogens with one attached hydrogen (secondary N) is 1. The number of aromatic nitrogens is 1. The van der Waals surface area contributed by atoms with E-state index in [0.29, 0.717) is 0 Å². The lowest BCUT2D eigenvalue weighted by atomic mass is 10.3. The summed E-state index contributed by atoms with van der Waals surface area (Å²) in [6, 6.07) is 6.12. The van der Waals surface area contributed by atoms with Gasteiger partial charge in [0.2, 0.25) is 0 Å². The molecule has 0 unspecified atom stereocenters. The van der Waals surface area contributed by atoms with Crippen molar-refractivity contribution < 1.29 is 0 Å². The van der Waals surface area contributed by atoms with E-state index < -0.39 is 0 Å². The number of guanidine groups is 1. The molecule has 1 N–H and O–H groups in total. The number of rotatable bonds is 6. The lowest BCUT2D eigenvalue weighted by Crippen LogP contribution is -2.52. The first kappa shape index (κ1) is 24.1. The highest BCUT2D eigenvalue weighted by Gasteiger charge is 2.20. The number of halogens is 1. The van der Waals surface area contributed by atoms with Gasteiger partial charge in [-0.05, 0) is 58.6 Å². The summed E-state index contributed by atoms with van der Waals surface area (Å²) in [5, 5.41) is 3.48. The van der Waals surface area contributed by atoms with E-state index in [9.17, 15) is 0 Å². The van der Waals surface area contributed by atoms with Crippen molar-refractivity contribution >= 4 is 35.8 Å². The summed E-state index contributed by atoms with van der Waals surface area (Å²) in [6.45, 7) is 13.9. The number of aliphatic imine (C=N–C) groups is 1. The molecule has 0 radical (unpaired) electrons. The first-order valence-electron chi connectivity index (χ1n) is 10.9. The zero-order valence-corrected chi connectivity index (χ0v) is 20.4. The molecule has 8 heteroatoms. The fraction of sp³-hybridized carbons (Fsp3) is 0.714. The van der Waals surface area contributed by atoms with Gasteiger partial charge in [-0.1, -0.05) is 6.07 Å². The molecule has 0 spiro atoms. The highest BCUT2D eigenvalue weighted by Crippen LogP contribution is 2.12. The van der Waals surface area contributed by atoms with Crippen LogP contribution in [0.2, 0.25) is 0 Å². The summed E-state index contributed by atoms with van der Waals surface area (Å²) in [5.41, 5.74) is 0. The van der Waals surface area contributed by atoms with Gasteiger partial charge < -0.3 is 24.9 Å². The van der Waals surface area contributed by atoms with E-state index in [1.165, 1.54) is 32.6 Å². The number of pyridine rings is 1. The average Bonchev–Trinajstić information content (AvgIpc) is 2.95. The first-order chi connectivity index (χ1) is 13.8. The van der Waals surface area contributed by atoms with Crippen LogP contribution in [0.3, 0.4) is 0 Å². The molecule has 3 rings (SSSR count). The van der Waals surface area contributed by atoms with E-state index in [4.69, 9.17) is 4.99 Å². The number of nitrogens with zero attached hydrogens (tertiary/aromatic N) is 6. The van der Waals surface area contributed by atoms with Crippen molar-refractivity contribution in [2.45, 2.75) is 19.8 Å². The Morgan fingerprint density at radius 2 is 1.90 bits per heavy atom. The Hall–Kier alpha value is -1.13. The van der Waals surface area contributed by atoms with Gasteiger partial charge in [0.25, 0.3) is 0 Å². The van der Waals surface area contributed by atoms with E-state index in [1.54, 1.807) is 0 Å². The summed E-state index contributed by atoms with van der Waals surface area (Å²) < 4.78 is 0. The Kier molecular flexibility index (Phi) is 11.0. The molecule has 2 aliphatic heterocycles. The van der Waals surface area contributed by atoms with Crippen LogP contribution < -0.4 is 10.2 Å². The highest BCUT2D eigenvalue weighted by molar-refractivity contribution is 14.0. The lowest BCUT2D eigenvalue weighted by molar-refractivity contribution is 0.274. The van der Waals surface area contributed by atoms with Crippen LogP contribution in [-0.2, 0) is 0 Å². The van der Waals surface area contributed by atoms with Crippen LogP contribution in [0.1, 0.15) is 19.8 Å². The van der Waals surface area contributed by atoms with Crippen molar-refractivity contribution in [3.05, 3.63) is 24.4 Å². The van der Waals surface area contributed by atoms with E-state index in [1.807, 2.05) is 12.3 Å². The molecule has 0 aromatic carbocycles. The topological polar surface area (TPSA) is 50.2 Å².